The zero-order valence-corrected chi connectivity index (χ0v) is 21.0. The van der Waals surface area contributed by atoms with Crippen LogP contribution in [-0.4, -0.2) is 6.11 Å². The Morgan fingerprint density at radius 3 is 1.76 bits per heavy atom. The number of hydrogen-bond acceptors (Lipinski definition) is 2. The molecule has 0 aromatic heterocycles. The molecular weight excluding hydrogens is 513 g/mol. The zero-order chi connectivity index (χ0) is 27.5. The molecule has 2 aromatic carbocycles. The van der Waals surface area contributed by atoms with E-state index in [0.717, 1.165) is 30.9 Å². The minimum atomic E-state index is -4.28. The van der Waals surface area contributed by atoms with Crippen LogP contribution in [0.15, 0.2) is 48.6 Å². The number of allylic oxidation sites excluding steroid dienone is 2. The summed E-state index contributed by atoms with van der Waals surface area (Å²) in [6.45, 7) is 2.26. The highest BCUT2D eigenvalue weighted by Crippen LogP contribution is 2.42. The molecule has 0 radical (unpaired) electrons. The van der Waals surface area contributed by atoms with Gasteiger partial charge < -0.3 is 9.47 Å². The number of ether oxygens (including phenoxy) is 2. The molecule has 0 bridgehead atoms. The third-order valence-corrected chi connectivity index (χ3v) is 7.61. The monoisotopic (exact) mass is 544 g/mol. The van der Waals surface area contributed by atoms with Crippen LogP contribution in [0.5, 0.6) is 11.5 Å². The van der Waals surface area contributed by atoms with Crippen molar-refractivity contribution in [2.45, 2.75) is 70.5 Å². The molecule has 2 aliphatic rings. The summed E-state index contributed by atoms with van der Waals surface area (Å²) in [7, 11) is 0. The van der Waals surface area contributed by atoms with E-state index in [4.69, 9.17) is 4.74 Å². The predicted molar refractivity (Wildman–Crippen MR) is 129 cm³/mol. The fourth-order valence-corrected chi connectivity index (χ4v) is 5.22. The fraction of sp³-hybridized carbons (Fsp3) is 0.517. The van der Waals surface area contributed by atoms with E-state index in [0.29, 0.717) is 43.0 Å². The lowest BCUT2D eigenvalue weighted by Gasteiger charge is -2.32. The van der Waals surface area contributed by atoms with Crippen LogP contribution in [0.2, 0.25) is 0 Å². The number of alkyl halides is 4. The van der Waals surface area contributed by atoms with Crippen molar-refractivity contribution < 1.29 is 40.2 Å². The van der Waals surface area contributed by atoms with Crippen molar-refractivity contribution in [2.75, 3.05) is 0 Å². The Morgan fingerprint density at radius 1 is 0.658 bits per heavy atom. The summed E-state index contributed by atoms with van der Waals surface area (Å²) >= 11 is 0. The minimum Gasteiger partial charge on any atom is -0.432 e. The number of hydrogen-bond donors (Lipinski definition) is 0. The second kappa shape index (κ2) is 11.6. The van der Waals surface area contributed by atoms with Crippen molar-refractivity contribution >= 4 is 0 Å². The lowest BCUT2D eigenvalue weighted by atomic mass is 9.79. The topological polar surface area (TPSA) is 18.5 Å². The Bertz CT molecular complexity index is 1120. The average molecular weight is 545 g/mol. The van der Waals surface area contributed by atoms with Crippen LogP contribution in [-0.2, 0) is 6.11 Å². The summed E-state index contributed by atoms with van der Waals surface area (Å²) in [5.41, 5.74) is -1.27. The molecule has 0 heterocycles. The standard InChI is InChI=1S/C29H31F7O2/c1-18-2-4-19(5-3-18)6-7-20-8-10-21(11-9-20)28(33,34)37-22-12-14-24(26(31)16-22)29(35,36)38-23-13-15-25(30)27(32)17-23/h6-7,12-21H,2-5,8-11H2,1H3/b7-6+. The highest BCUT2D eigenvalue weighted by Gasteiger charge is 2.44. The zero-order valence-electron chi connectivity index (χ0n) is 21.0. The molecule has 2 nitrogen and oxygen atoms in total. The van der Waals surface area contributed by atoms with Gasteiger partial charge in [0.2, 0.25) is 0 Å². The first kappa shape index (κ1) is 28.3. The van der Waals surface area contributed by atoms with Crippen molar-refractivity contribution in [2.24, 2.45) is 23.7 Å². The molecule has 0 unspecified atom stereocenters. The fourth-order valence-electron chi connectivity index (χ4n) is 5.22. The molecule has 2 saturated carbocycles. The van der Waals surface area contributed by atoms with Crippen LogP contribution < -0.4 is 9.47 Å². The molecule has 0 atom stereocenters. The van der Waals surface area contributed by atoms with Gasteiger partial charge in [-0.05, 0) is 80.5 Å². The Morgan fingerprint density at radius 2 is 1.18 bits per heavy atom. The van der Waals surface area contributed by atoms with Crippen molar-refractivity contribution in [3.63, 3.8) is 0 Å². The van der Waals surface area contributed by atoms with Gasteiger partial charge in [-0.2, -0.15) is 17.6 Å². The summed E-state index contributed by atoms with van der Waals surface area (Å²) < 4.78 is 109. The van der Waals surface area contributed by atoms with Crippen molar-refractivity contribution in [1.29, 1.82) is 0 Å². The summed E-state index contributed by atoms with van der Waals surface area (Å²) in [5.74, 6) is -5.11. The summed E-state index contributed by atoms with van der Waals surface area (Å²) in [5, 5.41) is 0. The molecule has 0 aliphatic heterocycles. The van der Waals surface area contributed by atoms with Gasteiger partial charge in [0.1, 0.15) is 22.9 Å². The third-order valence-electron chi connectivity index (χ3n) is 7.61. The molecule has 0 amide bonds. The Hall–Kier alpha value is -2.71. The quantitative estimate of drug-likeness (QED) is 0.244. The maximum atomic E-state index is 14.9. The minimum absolute atomic E-state index is 0.227. The first-order valence-electron chi connectivity index (χ1n) is 13.0. The molecule has 2 aromatic rings. The lowest BCUT2D eigenvalue weighted by Crippen LogP contribution is -2.37. The molecule has 4 rings (SSSR count). The summed E-state index contributed by atoms with van der Waals surface area (Å²) in [6, 6.07) is 3.52. The van der Waals surface area contributed by atoms with E-state index in [1.807, 2.05) is 0 Å². The first-order chi connectivity index (χ1) is 17.9. The van der Waals surface area contributed by atoms with E-state index in [1.165, 1.54) is 12.8 Å². The van der Waals surface area contributed by atoms with Gasteiger partial charge in [0.15, 0.2) is 11.6 Å². The highest BCUT2D eigenvalue weighted by atomic mass is 19.3. The molecule has 9 heteroatoms. The second-order valence-electron chi connectivity index (χ2n) is 10.5. The molecule has 2 aliphatic carbocycles. The first-order valence-corrected chi connectivity index (χ1v) is 13.0. The summed E-state index contributed by atoms with van der Waals surface area (Å²) in [6.07, 6.45) is 2.90. The molecule has 38 heavy (non-hydrogen) atoms. The van der Waals surface area contributed by atoms with Crippen molar-refractivity contribution in [3.8, 4) is 11.5 Å². The smallest absolute Gasteiger partial charge is 0.429 e. The number of rotatable bonds is 8. The maximum Gasteiger partial charge on any atom is 0.429 e. The van der Waals surface area contributed by atoms with Gasteiger partial charge in [0.05, 0.1) is 5.92 Å². The van der Waals surface area contributed by atoms with Gasteiger partial charge in [0, 0.05) is 12.1 Å². The second-order valence-corrected chi connectivity index (χ2v) is 10.5. The predicted octanol–water partition coefficient (Wildman–Crippen LogP) is 9.39. The van der Waals surface area contributed by atoms with E-state index in [-0.39, 0.29) is 18.8 Å². The van der Waals surface area contributed by atoms with Crippen LogP contribution in [0.4, 0.5) is 30.7 Å². The molecular formula is C29H31F7O2. The van der Waals surface area contributed by atoms with E-state index < -0.39 is 52.6 Å². The van der Waals surface area contributed by atoms with E-state index in [9.17, 15) is 30.7 Å². The van der Waals surface area contributed by atoms with Crippen LogP contribution in [0.25, 0.3) is 0 Å². The van der Waals surface area contributed by atoms with E-state index >= 15 is 0 Å². The van der Waals surface area contributed by atoms with Gasteiger partial charge in [-0.3, -0.25) is 0 Å². The van der Waals surface area contributed by atoms with Crippen molar-refractivity contribution in [1.82, 2.24) is 0 Å². The molecule has 208 valence electrons. The molecule has 0 spiro atoms. The van der Waals surface area contributed by atoms with Crippen LogP contribution in [0, 0.1) is 41.1 Å². The SMILES string of the molecule is CC1CCC(/C=C/C2CCC(C(F)(F)Oc3ccc(C(F)(F)Oc4ccc(F)c(F)c4)c(F)c3)CC2)CC1. The normalized spacial score (nSPS) is 24.9. The number of halogens is 7. The van der Waals surface area contributed by atoms with Crippen molar-refractivity contribution in [3.05, 3.63) is 71.6 Å². The van der Waals surface area contributed by atoms with Crippen LogP contribution in [0.3, 0.4) is 0 Å². The Labute approximate surface area is 217 Å². The molecule has 0 saturated heterocycles. The largest absolute Gasteiger partial charge is 0.432 e. The van der Waals surface area contributed by atoms with Gasteiger partial charge in [-0.25, -0.2) is 13.2 Å². The van der Waals surface area contributed by atoms with Crippen LogP contribution in [0.1, 0.15) is 63.9 Å². The molecule has 0 N–H and O–H groups in total. The van der Waals surface area contributed by atoms with Gasteiger partial charge in [-0.1, -0.05) is 31.9 Å². The highest BCUT2D eigenvalue weighted by molar-refractivity contribution is 5.32. The third kappa shape index (κ3) is 7.03. The van der Waals surface area contributed by atoms with Gasteiger partial charge in [-0.15, -0.1) is 0 Å². The van der Waals surface area contributed by atoms with Gasteiger partial charge in [0.25, 0.3) is 0 Å². The lowest BCUT2D eigenvalue weighted by molar-refractivity contribution is -0.223. The van der Waals surface area contributed by atoms with E-state index in [1.54, 1.807) is 0 Å². The van der Waals surface area contributed by atoms with E-state index in [2.05, 4.69) is 23.8 Å². The Kier molecular flexibility index (Phi) is 8.62. The maximum absolute atomic E-state index is 14.9. The van der Waals surface area contributed by atoms with Crippen LogP contribution >= 0.6 is 0 Å². The number of benzene rings is 2. The molecule has 2 fully saturated rings. The van der Waals surface area contributed by atoms with Gasteiger partial charge >= 0.3 is 12.2 Å². The average Bonchev–Trinajstić information content (AvgIpc) is 2.85. The Balaban J connectivity index is 1.33. The summed E-state index contributed by atoms with van der Waals surface area (Å²) in [4.78, 5) is 0.